The maximum atomic E-state index is 11.9. The van der Waals surface area contributed by atoms with E-state index in [0.717, 1.165) is 40.4 Å². The van der Waals surface area contributed by atoms with E-state index in [0.29, 0.717) is 29.6 Å². The minimum atomic E-state index is -0.000352. The van der Waals surface area contributed by atoms with Crippen LogP contribution in [0.15, 0.2) is 36.4 Å². The number of ketones is 1. The van der Waals surface area contributed by atoms with Crippen LogP contribution < -0.4 is 4.74 Å². The largest absolute Gasteiger partial charge is 0.490 e. The van der Waals surface area contributed by atoms with Gasteiger partial charge in [-0.3, -0.25) is 0 Å². The summed E-state index contributed by atoms with van der Waals surface area (Å²) in [6, 6.07) is 14.2. The molecule has 0 spiro atoms. The molecular weight excluding hydrogens is 430 g/mol. The molecule has 5 nitrogen and oxygen atoms in total. The van der Waals surface area contributed by atoms with Crippen molar-refractivity contribution < 1.29 is 9.53 Å². The van der Waals surface area contributed by atoms with Gasteiger partial charge in [-0.25, -0.2) is 0 Å². The van der Waals surface area contributed by atoms with Crippen molar-refractivity contribution in [3.8, 4) is 33.0 Å². The van der Waals surface area contributed by atoms with Crippen LogP contribution in [0.25, 0.3) is 21.1 Å². The summed E-state index contributed by atoms with van der Waals surface area (Å²) < 4.78 is 5.74. The number of fused-ring (bicyclic) bond motifs is 1. The number of carbonyl (C=O) groups is 1. The summed E-state index contributed by atoms with van der Waals surface area (Å²) in [6.07, 6.45) is 3.73. The number of hydrogen-bond donors (Lipinski definition) is 0. The van der Waals surface area contributed by atoms with Gasteiger partial charge in [0, 0.05) is 17.5 Å². The van der Waals surface area contributed by atoms with Crippen LogP contribution in [-0.2, 0) is 11.2 Å². The first kappa shape index (κ1) is 23.1. The molecule has 2 aromatic carbocycles. The van der Waals surface area contributed by atoms with Crippen LogP contribution in [0, 0.1) is 17.2 Å². The third-order valence-electron chi connectivity index (χ3n) is 6.16. The lowest BCUT2D eigenvalue weighted by molar-refractivity contribution is -0.118. The van der Waals surface area contributed by atoms with Gasteiger partial charge in [-0.2, -0.15) is 5.26 Å². The molecule has 0 fully saturated rings. The SMILES string of the molecule is CCC[C@H]1c2cccc(-c3nnc(-c4ccc(OC(C)C)c(C#N)c4)s3)c2C[C@H]1CC(C)=O. The van der Waals surface area contributed by atoms with Gasteiger partial charge < -0.3 is 9.53 Å². The van der Waals surface area contributed by atoms with E-state index in [9.17, 15) is 10.1 Å². The average molecular weight is 460 g/mol. The summed E-state index contributed by atoms with van der Waals surface area (Å²) in [5.74, 6) is 1.62. The standard InChI is InChI=1S/C27H29N3O2S/c1-5-7-21-19(12-17(4)31)14-24-22(21)8-6-9-23(24)27-30-29-26(33-27)18-10-11-25(32-16(2)3)20(13-18)15-28/h6,8-11,13,16,19,21H,5,7,12,14H2,1-4H3/t19-,21-/m1/s1. The highest BCUT2D eigenvalue weighted by atomic mass is 32.1. The zero-order valence-corrected chi connectivity index (χ0v) is 20.4. The maximum Gasteiger partial charge on any atom is 0.148 e. The Labute approximate surface area is 199 Å². The second-order valence-corrected chi connectivity index (χ2v) is 10.0. The molecule has 3 aromatic rings. The van der Waals surface area contributed by atoms with E-state index in [1.807, 2.05) is 32.0 Å². The van der Waals surface area contributed by atoms with Gasteiger partial charge in [-0.05, 0) is 74.8 Å². The quantitative estimate of drug-likeness (QED) is 0.381. The second-order valence-electron chi connectivity index (χ2n) is 9.04. The minimum Gasteiger partial charge on any atom is -0.490 e. The van der Waals surface area contributed by atoms with Crippen molar-refractivity contribution in [2.24, 2.45) is 5.92 Å². The molecule has 0 saturated heterocycles. The Balaban J connectivity index is 1.67. The van der Waals surface area contributed by atoms with E-state index in [-0.39, 0.29) is 11.9 Å². The fourth-order valence-electron chi connectivity index (χ4n) is 4.88. The fourth-order valence-corrected chi connectivity index (χ4v) is 5.77. The second kappa shape index (κ2) is 9.84. The molecule has 0 radical (unpaired) electrons. The van der Waals surface area contributed by atoms with Gasteiger partial charge in [0.1, 0.15) is 27.6 Å². The Morgan fingerprint density at radius 2 is 2.03 bits per heavy atom. The van der Waals surface area contributed by atoms with E-state index in [2.05, 4.69) is 41.4 Å². The Morgan fingerprint density at radius 3 is 2.73 bits per heavy atom. The summed E-state index contributed by atoms with van der Waals surface area (Å²) in [5, 5.41) is 20.2. The molecule has 6 heteroatoms. The van der Waals surface area contributed by atoms with Gasteiger partial charge in [0.15, 0.2) is 0 Å². The average Bonchev–Trinajstić information content (AvgIpc) is 3.39. The molecular formula is C27H29N3O2S. The number of aromatic nitrogens is 2. The zero-order chi connectivity index (χ0) is 23.5. The highest BCUT2D eigenvalue weighted by Gasteiger charge is 2.34. The van der Waals surface area contributed by atoms with Gasteiger partial charge in [-0.1, -0.05) is 42.9 Å². The predicted molar refractivity (Wildman–Crippen MR) is 131 cm³/mol. The zero-order valence-electron chi connectivity index (χ0n) is 19.6. The lowest BCUT2D eigenvalue weighted by atomic mass is 9.85. The third kappa shape index (κ3) is 4.84. The number of nitriles is 1. The molecule has 0 unspecified atom stereocenters. The molecule has 0 N–H and O–H groups in total. The van der Waals surface area contributed by atoms with Crippen LogP contribution in [-0.4, -0.2) is 22.1 Å². The molecule has 0 aliphatic heterocycles. The first-order valence-corrected chi connectivity index (χ1v) is 12.4. The first-order chi connectivity index (χ1) is 15.9. The van der Waals surface area contributed by atoms with Crippen LogP contribution >= 0.6 is 11.3 Å². The van der Waals surface area contributed by atoms with E-state index >= 15 is 0 Å². The van der Waals surface area contributed by atoms with Crippen LogP contribution in [0.4, 0.5) is 0 Å². The van der Waals surface area contributed by atoms with Gasteiger partial charge in [0.2, 0.25) is 0 Å². The first-order valence-electron chi connectivity index (χ1n) is 11.6. The van der Waals surface area contributed by atoms with Crippen molar-refractivity contribution >= 4 is 17.1 Å². The summed E-state index contributed by atoms with van der Waals surface area (Å²) in [5.41, 5.74) is 5.14. The minimum absolute atomic E-state index is 0.000352. The van der Waals surface area contributed by atoms with Gasteiger partial charge >= 0.3 is 0 Å². The van der Waals surface area contributed by atoms with E-state index in [1.54, 1.807) is 6.92 Å². The number of ether oxygens (including phenoxy) is 1. The van der Waals surface area contributed by atoms with Crippen LogP contribution in [0.1, 0.15) is 69.6 Å². The smallest absolute Gasteiger partial charge is 0.148 e. The number of nitrogens with zero attached hydrogens (tertiary/aromatic N) is 3. The number of rotatable bonds is 8. The van der Waals surface area contributed by atoms with Crippen molar-refractivity contribution in [2.45, 2.75) is 65.4 Å². The number of benzene rings is 2. The Hall–Kier alpha value is -3.04. The number of carbonyl (C=O) groups excluding carboxylic acids is 1. The molecule has 33 heavy (non-hydrogen) atoms. The van der Waals surface area contributed by atoms with Crippen molar-refractivity contribution in [2.75, 3.05) is 0 Å². The van der Waals surface area contributed by atoms with Crippen LogP contribution in [0.2, 0.25) is 0 Å². The van der Waals surface area contributed by atoms with Gasteiger partial charge in [0.05, 0.1) is 11.7 Å². The lowest BCUT2D eigenvalue weighted by Crippen LogP contribution is -2.11. The Morgan fingerprint density at radius 1 is 1.24 bits per heavy atom. The molecule has 1 aliphatic carbocycles. The molecule has 1 heterocycles. The molecule has 170 valence electrons. The van der Waals surface area contributed by atoms with Crippen molar-refractivity contribution in [1.29, 1.82) is 5.26 Å². The normalized spacial score (nSPS) is 17.1. The summed E-state index contributed by atoms with van der Waals surface area (Å²) in [6.45, 7) is 7.78. The van der Waals surface area contributed by atoms with Crippen LogP contribution in [0.3, 0.4) is 0 Å². The Bertz CT molecular complexity index is 1210. The van der Waals surface area contributed by atoms with Gasteiger partial charge in [-0.15, -0.1) is 10.2 Å². The summed E-state index contributed by atoms with van der Waals surface area (Å²) >= 11 is 1.53. The predicted octanol–water partition coefficient (Wildman–Crippen LogP) is 6.57. The topological polar surface area (TPSA) is 75.9 Å². The molecule has 0 bridgehead atoms. The highest BCUT2D eigenvalue weighted by Crippen LogP contribution is 2.46. The summed E-state index contributed by atoms with van der Waals surface area (Å²) in [4.78, 5) is 11.9. The van der Waals surface area contributed by atoms with E-state index in [1.165, 1.54) is 22.5 Å². The molecule has 2 atom stereocenters. The molecule has 0 saturated carbocycles. The van der Waals surface area contributed by atoms with Gasteiger partial charge in [0.25, 0.3) is 0 Å². The Kier molecular flexibility index (Phi) is 6.90. The monoisotopic (exact) mass is 459 g/mol. The number of Topliss-reactive ketones (excluding diaryl/α,β-unsaturated/α-hetero) is 1. The van der Waals surface area contributed by atoms with Crippen LogP contribution in [0.5, 0.6) is 5.75 Å². The van der Waals surface area contributed by atoms with E-state index in [4.69, 9.17) is 4.74 Å². The molecule has 1 aliphatic rings. The maximum absolute atomic E-state index is 11.9. The summed E-state index contributed by atoms with van der Waals surface area (Å²) in [7, 11) is 0. The van der Waals surface area contributed by atoms with Crippen molar-refractivity contribution in [3.63, 3.8) is 0 Å². The van der Waals surface area contributed by atoms with Crippen molar-refractivity contribution in [3.05, 3.63) is 53.1 Å². The lowest BCUT2D eigenvalue weighted by Gasteiger charge is -2.18. The van der Waals surface area contributed by atoms with Crippen molar-refractivity contribution in [1.82, 2.24) is 10.2 Å². The number of hydrogen-bond acceptors (Lipinski definition) is 6. The fraction of sp³-hybridized carbons (Fsp3) is 0.407. The third-order valence-corrected chi connectivity index (χ3v) is 7.17. The highest BCUT2D eigenvalue weighted by molar-refractivity contribution is 7.17. The van der Waals surface area contributed by atoms with E-state index < -0.39 is 0 Å². The molecule has 1 aromatic heterocycles. The molecule has 4 rings (SSSR count). The molecule has 0 amide bonds.